The van der Waals surface area contributed by atoms with Crippen LogP contribution in [0, 0.1) is 0 Å². The van der Waals surface area contributed by atoms with Crippen molar-refractivity contribution in [1.29, 1.82) is 0 Å². The molecule has 3 amide bonds. The van der Waals surface area contributed by atoms with Crippen LogP contribution in [0.4, 0.5) is 0 Å². The van der Waals surface area contributed by atoms with E-state index in [4.69, 9.17) is 24.1 Å². The van der Waals surface area contributed by atoms with E-state index in [0.29, 0.717) is 39.4 Å². The number of hydrogen-bond acceptors (Lipinski definition) is 10. The molecular weight excluding hydrogens is 664 g/mol. The molecule has 0 bridgehead atoms. The minimum atomic E-state index is -1.18. The molecule has 15 heteroatoms. The summed E-state index contributed by atoms with van der Waals surface area (Å²) in [6.07, 6.45) is 13.8. The third-order valence-electron chi connectivity index (χ3n) is 7.83. The number of carbonyl (C=O) groups is 5. The second-order valence-electron chi connectivity index (χ2n) is 12.5. The van der Waals surface area contributed by atoms with Crippen molar-refractivity contribution in [2.75, 3.05) is 79.0 Å². The highest BCUT2D eigenvalue weighted by atomic mass is 16.5. The van der Waals surface area contributed by atoms with Crippen LogP contribution in [0.25, 0.3) is 0 Å². The topological polar surface area (TPSA) is 211 Å². The van der Waals surface area contributed by atoms with Crippen LogP contribution in [0.2, 0.25) is 0 Å². The van der Waals surface area contributed by atoms with Crippen LogP contribution in [0.3, 0.4) is 0 Å². The molecule has 0 heterocycles. The first-order valence-electron chi connectivity index (χ1n) is 19.0. The van der Waals surface area contributed by atoms with Gasteiger partial charge < -0.3 is 50.4 Å². The fraction of sp³-hybridized carbons (Fsp3) is 0.861. The summed E-state index contributed by atoms with van der Waals surface area (Å²) < 4.78 is 21.6. The molecule has 6 N–H and O–H groups in total. The number of rotatable bonds is 39. The average molecular weight is 733 g/mol. The molecule has 0 aromatic rings. The summed E-state index contributed by atoms with van der Waals surface area (Å²) in [5, 5.41) is 29.3. The number of amides is 3. The number of aliphatic carboxylic acids is 2. The van der Waals surface area contributed by atoms with E-state index in [9.17, 15) is 29.1 Å². The third kappa shape index (κ3) is 36.7. The Kier molecular flexibility index (Phi) is 34.9. The van der Waals surface area contributed by atoms with Crippen molar-refractivity contribution >= 4 is 29.7 Å². The molecule has 0 aliphatic carbocycles. The van der Waals surface area contributed by atoms with Crippen molar-refractivity contribution in [3.63, 3.8) is 0 Å². The monoisotopic (exact) mass is 732 g/mol. The van der Waals surface area contributed by atoms with E-state index in [1.54, 1.807) is 0 Å². The van der Waals surface area contributed by atoms with Crippen LogP contribution in [0.15, 0.2) is 0 Å². The molecule has 1 atom stereocenters. The first-order valence-corrected chi connectivity index (χ1v) is 19.0. The Morgan fingerprint density at radius 3 is 1.57 bits per heavy atom. The smallest absolute Gasteiger partial charge is 0.326 e. The number of ether oxygens (including phenoxy) is 4. The van der Waals surface area contributed by atoms with Crippen molar-refractivity contribution in [2.45, 2.75) is 122 Å². The zero-order chi connectivity index (χ0) is 37.6. The van der Waals surface area contributed by atoms with Crippen LogP contribution in [0.1, 0.15) is 116 Å². The molecule has 0 saturated carbocycles. The molecule has 0 unspecified atom stereocenters. The van der Waals surface area contributed by atoms with Gasteiger partial charge in [-0.2, -0.15) is 0 Å². The predicted molar refractivity (Wildman–Crippen MR) is 194 cm³/mol. The Labute approximate surface area is 305 Å². The SMILES string of the molecule is CCCCCNCCOCCOCCNC(=O)COCCOCCNC(=O)CC[C@H](NC(=O)CCCCCCCCCCCCC(=O)O)C(=O)O. The van der Waals surface area contributed by atoms with Crippen molar-refractivity contribution < 1.29 is 53.1 Å². The molecule has 0 aliphatic heterocycles. The summed E-state index contributed by atoms with van der Waals surface area (Å²) in [5.41, 5.74) is 0. The molecule has 0 aromatic carbocycles. The van der Waals surface area contributed by atoms with Gasteiger partial charge in [0.2, 0.25) is 17.7 Å². The second-order valence-corrected chi connectivity index (χ2v) is 12.5. The molecule has 0 fully saturated rings. The zero-order valence-corrected chi connectivity index (χ0v) is 31.2. The number of carbonyl (C=O) groups excluding carboxylic acids is 3. The molecule has 0 saturated heterocycles. The number of nitrogens with one attached hydrogen (secondary N) is 4. The maximum atomic E-state index is 12.2. The van der Waals surface area contributed by atoms with E-state index < -0.39 is 18.0 Å². The lowest BCUT2D eigenvalue weighted by Crippen LogP contribution is -2.41. The van der Waals surface area contributed by atoms with Crippen molar-refractivity contribution in [3.8, 4) is 0 Å². The minimum absolute atomic E-state index is 0.0161. The first-order chi connectivity index (χ1) is 24.8. The molecule has 15 nitrogen and oxygen atoms in total. The normalized spacial score (nSPS) is 11.6. The second kappa shape index (κ2) is 36.9. The van der Waals surface area contributed by atoms with Crippen molar-refractivity contribution in [1.82, 2.24) is 21.3 Å². The number of carboxylic acid groups (broad SMARTS) is 2. The van der Waals surface area contributed by atoms with Crippen LogP contribution >= 0.6 is 0 Å². The standard InChI is InChI=1S/C36H68N4O11/c1-2-3-14-19-37-20-23-48-26-27-49-25-22-39-34(43)30-51-29-28-50-24-21-38-32(41)18-17-31(36(46)47)40-33(42)15-12-10-8-6-4-5-7-9-11-13-16-35(44)45/h31,37H,2-30H2,1H3,(H,38,41)(H,39,43)(H,40,42)(H,44,45)(H,46,47)/t31-/m0/s1. The van der Waals surface area contributed by atoms with Crippen LogP contribution in [-0.2, 0) is 42.9 Å². The average Bonchev–Trinajstić information content (AvgIpc) is 3.09. The maximum Gasteiger partial charge on any atom is 0.326 e. The predicted octanol–water partition coefficient (Wildman–Crippen LogP) is 3.18. The fourth-order valence-corrected chi connectivity index (χ4v) is 4.92. The Morgan fingerprint density at radius 2 is 1.02 bits per heavy atom. The highest BCUT2D eigenvalue weighted by molar-refractivity contribution is 5.84. The van der Waals surface area contributed by atoms with Gasteiger partial charge in [0.1, 0.15) is 12.6 Å². The lowest BCUT2D eigenvalue weighted by Gasteiger charge is -2.14. The van der Waals surface area contributed by atoms with Gasteiger partial charge >= 0.3 is 11.9 Å². The van der Waals surface area contributed by atoms with Crippen molar-refractivity contribution in [2.24, 2.45) is 0 Å². The number of unbranched alkanes of at least 4 members (excludes halogenated alkanes) is 11. The Morgan fingerprint density at radius 1 is 0.510 bits per heavy atom. The zero-order valence-electron chi connectivity index (χ0n) is 31.2. The summed E-state index contributed by atoms with van der Waals surface area (Å²) in [4.78, 5) is 58.3. The molecule has 0 spiro atoms. The summed E-state index contributed by atoms with van der Waals surface area (Å²) in [6.45, 7) is 7.21. The highest BCUT2D eigenvalue weighted by Crippen LogP contribution is 2.12. The lowest BCUT2D eigenvalue weighted by atomic mass is 10.0. The molecule has 0 radical (unpaired) electrons. The number of hydrogen-bond donors (Lipinski definition) is 6. The van der Waals surface area contributed by atoms with Crippen molar-refractivity contribution in [3.05, 3.63) is 0 Å². The molecular formula is C36H68N4O11. The minimum Gasteiger partial charge on any atom is -0.481 e. The van der Waals surface area contributed by atoms with E-state index in [1.807, 2.05) is 0 Å². The van der Waals surface area contributed by atoms with E-state index in [-0.39, 0.29) is 76.4 Å². The Bertz CT molecular complexity index is 895. The summed E-state index contributed by atoms with van der Waals surface area (Å²) >= 11 is 0. The molecule has 298 valence electrons. The summed E-state index contributed by atoms with van der Waals surface area (Å²) in [5.74, 6) is -2.85. The summed E-state index contributed by atoms with van der Waals surface area (Å²) in [6, 6.07) is -1.13. The van der Waals surface area contributed by atoms with E-state index in [1.165, 1.54) is 19.3 Å². The first kappa shape index (κ1) is 48.1. The Balaban J connectivity index is 3.63. The molecule has 0 rings (SSSR count). The van der Waals surface area contributed by atoms with Gasteiger partial charge in [-0.05, 0) is 32.2 Å². The third-order valence-corrected chi connectivity index (χ3v) is 7.83. The van der Waals surface area contributed by atoms with Gasteiger partial charge in [-0.15, -0.1) is 0 Å². The van der Waals surface area contributed by atoms with Crippen LogP contribution < -0.4 is 21.3 Å². The van der Waals surface area contributed by atoms with Crippen LogP contribution in [-0.4, -0.2) is 125 Å². The maximum absolute atomic E-state index is 12.2. The molecule has 0 aromatic heterocycles. The number of carboxylic acids is 2. The van der Waals surface area contributed by atoms with Gasteiger partial charge in [0.15, 0.2) is 0 Å². The van der Waals surface area contributed by atoms with E-state index in [0.717, 1.165) is 70.9 Å². The Hall–Kier alpha value is -2.85. The van der Waals surface area contributed by atoms with Gasteiger partial charge in [0.05, 0.1) is 46.2 Å². The largest absolute Gasteiger partial charge is 0.481 e. The van der Waals surface area contributed by atoms with E-state index >= 15 is 0 Å². The van der Waals surface area contributed by atoms with Crippen LogP contribution in [0.5, 0.6) is 0 Å². The van der Waals surface area contributed by atoms with Gasteiger partial charge in [-0.3, -0.25) is 19.2 Å². The van der Waals surface area contributed by atoms with Gasteiger partial charge in [0.25, 0.3) is 0 Å². The van der Waals surface area contributed by atoms with Gasteiger partial charge in [-0.25, -0.2) is 4.79 Å². The quantitative estimate of drug-likeness (QED) is 0.0504. The molecule has 0 aliphatic rings. The molecule has 51 heavy (non-hydrogen) atoms. The van der Waals surface area contributed by atoms with Gasteiger partial charge in [-0.1, -0.05) is 71.1 Å². The van der Waals surface area contributed by atoms with E-state index in [2.05, 4.69) is 28.2 Å². The fourth-order valence-electron chi connectivity index (χ4n) is 4.92. The highest BCUT2D eigenvalue weighted by Gasteiger charge is 2.20. The summed E-state index contributed by atoms with van der Waals surface area (Å²) in [7, 11) is 0. The lowest BCUT2D eigenvalue weighted by molar-refractivity contribution is -0.142. The van der Waals surface area contributed by atoms with Gasteiger partial charge in [0, 0.05) is 38.9 Å².